The third-order valence-corrected chi connectivity index (χ3v) is 17.7. The zero-order valence-electron chi connectivity index (χ0n) is 26.1. The summed E-state index contributed by atoms with van der Waals surface area (Å²) in [7, 11) is -4.28. The quantitative estimate of drug-likeness (QED) is 0.250. The predicted octanol–water partition coefficient (Wildman–Crippen LogP) is 6.39. The Bertz CT molecular complexity index is 1160. The first-order chi connectivity index (χ1) is 17.4. The van der Waals surface area contributed by atoms with Crippen LogP contribution in [0, 0.1) is 0 Å². The summed E-state index contributed by atoms with van der Waals surface area (Å²) < 4.78 is 27.0. The maximum atomic E-state index is 13.6. The van der Waals surface area contributed by atoms with Gasteiger partial charge in [0.25, 0.3) is 5.56 Å². The molecular formula is C27H49BrN2O7Si2. The molecule has 1 aromatic rings. The van der Waals surface area contributed by atoms with Crippen LogP contribution in [0.15, 0.2) is 15.8 Å². The van der Waals surface area contributed by atoms with E-state index in [1.165, 1.54) is 10.8 Å². The van der Waals surface area contributed by atoms with Gasteiger partial charge in [0, 0.05) is 23.5 Å². The minimum Gasteiger partial charge on any atom is -0.443 e. The smallest absolute Gasteiger partial charge is 0.425 e. The van der Waals surface area contributed by atoms with Crippen molar-refractivity contribution in [2.24, 2.45) is 0 Å². The molecule has 0 N–H and O–H groups in total. The Hall–Kier alpha value is -1.06. The fraction of sp³-hybridized carbons (Fsp3) is 0.815. The van der Waals surface area contributed by atoms with Gasteiger partial charge < -0.3 is 18.3 Å². The van der Waals surface area contributed by atoms with Crippen LogP contribution in [0.1, 0.15) is 80.5 Å². The van der Waals surface area contributed by atoms with Crippen molar-refractivity contribution >= 4 is 38.7 Å². The number of carbonyl (C=O) groups excluding carboxylic acids is 1. The molecule has 2 heterocycles. The van der Waals surface area contributed by atoms with Crippen LogP contribution in [-0.4, -0.2) is 56.3 Å². The Balaban J connectivity index is 2.54. The van der Waals surface area contributed by atoms with Crippen molar-refractivity contribution in [3.8, 4) is 0 Å². The maximum absolute atomic E-state index is 13.6. The van der Waals surface area contributed by atoms with Crippen LogP contribution >= 0.6 is 15.9 Å². The van der Waals surface area contributed by atoms with E-state index in [1.807, 2.05) is 0 Å². The highest BCUT2D eigenvalue weighted by atomic mass is 79.9. The van der Waals surface area contributed by atoms with Crippen LogP contribution in [0.5, 0.6) is 0 Å². The molecule has 9 nitrogen and oxygen atoms in total. The average molecular weight is 650 g/mol. The topological polar surface area (TPSA) is 98.0 Å². The van der Waals surface area contributed by atoms with Gasteiger partial charge in [0.05, 0.1) is 12.7 Å². The third kappa shape index (κ3) is 8.03. The second kappa shape index (κ2) is 11.7. The van der Waals surface area contributed by atoms with Crippen molar-refractivity contribution in [2.75, 3.05) is 6.61 Å². The van der Waals surface area contributed by atoms with Crippen molar-refractivity contribution in [3.05, 3.63) is 32.6 Å². The number of hydrogen-bond acceptors (Lipinski definition) is 7. The molecule has 0 aliphatic carbocycles. The Morgan fingerprint density at radius 1 is 1.00 bits per heavy atom. The molecule has 0 spiro atoms. The first kappa shape index (κ1) is 34.1. The molecule has 39 heavy (non-hydrogen) atoms. The van der Waals surface area contributed by atoms with Crippen molar-refractivity contribution < 1.29 is 23.1 Å². The summed E-state index contributed by atoms with van der Waals surface area (Å²) in [6.45, 7) is 27.2. The molecule has 3 atom stereocenters. The summed E-state index contributed by atoms with van der Waals surface area (Å²) in [6, 6.07) is 0. The van der Waals surface area contributed by atoms with Crippen molar-refractivity contribution in [3.63, 3.8) is 0 Å². The van der Waals surface area contributed by atoms with Gasteiger partial charge in [-0.05, 0) is 57.0 Å². The van der Waals surface area contributed by atoms with E-state index < -0.39 is 51.9 Å². The van der Waals surface area contributed by atoms with Gasteiger partial charge in [0.2, 0.25) is 0 Å². The van der Waals surface area contributed by atoms with Crippen LogP contribution in [0.25, 0.3) is 0 Å². The van der Waals surface area contributed by atoms with E-state index in [0.29, 0.717) is 17.6 Å². The molecule has 0 aromatic carbocycles. The highest BCUT2D eigenvalue weighted by Gasteiger charge is 2.47. The lowest BCUT2D eigenvalue weighted by atomic mass is 10.2. The van der Waals surface area contributed by atoms with E-state index in [2.05, 4.69) is 83.7 Å². The Labute approximate surface area is 243 Å². The number of rotatable bonds is 7. The van der Waals surface area contributed by atoms with Gasteiger partial charge in [0.15, 0.2) is 16.6 Å². The Morgan fingerprint density at radius 3 is 2.00 bits per heavy atom. The maximum Gasteiger partial charge on any atom is 0.425 e. The summed E-state index contributed by atoms with van der Waals surface area (Å²) in [5.41, 5.74) is -2.16. The van der Waals surface area contributed by atoms with Crippen molar-refractivity contribution in [2.45, 2.75) is 134 Å². The number of aromatic nitrogens is 2. The number of ether oxygens (including phenoxy) is 2. The molecule has 1 fully saturated rings. The molecule has 224 valence electrons. The van der Waals surface area contributed by atoms with Gasteiger partial charge >= 0.3 is 11.8 Å². The van der Waals surface area contributed by atoms with Gasteiger partial charge in [-0.3, -0.25) is 9.36 Å². The molecule has 1 aromatic heterocycles. The molecule has 0 saturated carbocycles. The molecule has 2 rings (SSSR count). The summed E-state index contributed by atoms with van der Waals surface area (Å²) in [6.07, 6.45) is -0.648. The van der Waals surface area contributed by atoms with Gasteiger partial charge in [0.1, 0.15) is 17.9 Å². The summed E-state index contributed by atoms with van der Waals surface area (Å²) in [5, 5.41) is 0.148. The van der Waals surface area contributed by atoms with Crippen molar-refractivity contribution in [1.29, 1.82) is 0 Å². The number of carbonyl (C=O) groups is 1. The van der Waals surface area contributed by atoms with E-state index in [1.54, 1.807) is 20.8 Å². The number of hydrogen-bond donors (Lipinski definition) is 0. The fourth-order valence-corrected chi connectivity index (χ4v) is 6.36. The molecule has 0 amide bonds. The number of alkyl halides is 1. The van der Waals surface area contributed by atoms with Crippen LogP contribution < -0.4 is 11.2 Å². The van der Waals surface area contributed by atoms with E-state index in [9.17, 15) is 14.4 Å². The lowest BCUT2D eigenvalue weighted by Crippen LogP contribution is -2.48. The zero-order valence-corrected chi connectivity index (χ0v) is 29.6. The SMILES string of the molecule is CC(C)(C)OC(=O)n1c(=O)c(CBr)cn([C@H]2C[C@H](O[Si](C)(C)C(C)(C)C)[C@@H](CO[Si](C)(C)C(C)(C)C)O2)c1=O. The minimum absolute atomic E-state index is 0.0193. The zero-order chi connectivity index (χ0) is 30.4. The first-order valence-electron chi connectivity index (χ1n) is 13.6. The standard InChI is InChI=1S/C27H49BrN2O7Si2/c1-25(2,3)36-24(33)30-22(31)18(15-28)16-29(23(30)32)21-14-19(37-39(12,13)27(7,8)9)20(35-21)17-34-38(10,11)26(4,5)6/h16,19-21H,14-15,17H2,1-13H3/t19-,20+,21+/m0/s1. The molecule has 12 heteroatoms. The monoisotopic (exact) mass is 648 g/mol. The molecule has 1 aliphatic rings. The normalized spacial score (nSPS) is 21.3. The molecule has 0 unspecified atom stereocenters. The molecule has 0 radical (unpaired) electrons. The Morgan fingerprint density at radius 2 is 1.54 bits per heavy atom. The highest BCUT2D eigenvalue weighted by molar-refractivity contribution is 9.08. The van der Waals surface area contributed by atoms with E-state index in [4.69, 9.17) is 18.3 Å². The van der Waals surface area contributed by atoms with E-state index >= 15 is 0 Å². The third-order valence-electron chi connectivity index (χ3n) is 8.06. The fourth-order valence-electron chi connectivity index (χ4n) is 3.60. The number of halogens is 1. The molecule has 1 aliphatic heterocycles. The lowest BCUT2D eigenvalue weighted by Gasteiger charge is -2.40. The number of nitrogens with zero attached hydrogens (tertiary/aromatic N) is 2. The summed E-state index contributed by atoms with van der Waals surface area (Å²) in [5.74, 6) is 0. The van der Waals surface area contributed by atoms with E-state index in [-0.39, 0.29) is 27.1 Å². The van der Waals surface area contributed by atoms with Crippen LogP contribution in [0.3, 0.4) is 0 Å². The first-order valence-corrected chi connectivity index (χ1v) is 20.5. The van der Waals surface area contributed by atoms with Gasteiger partial charge in [-0.2, -0.15) is 4.57 Å². The Kier molecular flexibility index (Phi) is 10.2. The second-order valence-corrected chi connectivity index (χ2v) is 24.6. The van der Waals surface area contributed by atoms with Gasteiger partial charge in [-0.15, -0.1) is 0 Å². The van der Waals surface area contributed by atoms with Crippen LogP contribution in [0.4, 0.5) is 4.79 Å². The van der Waals surface area contributed by atoms with Crippen LogP contribution in [-0.2, 0) is 23.7 Å². The average Bonchev–Trinajstić information content (AvgIpc) is 3.11. The minimum atomic E-state index is -2.20. The molecule has 1 saturated heterocycles. The summed E-state index contributed by atoms with van der Waals surface area (Å²) in [4.78, 5) is 39.5. The summed E-state index contributed by atoms with van der Waals surface area (Å²) >= 11 is 3.31. The largest absolute Gasteiger partial charge is 0.443 e. The van der Waals surface area contributed by atoms with Crippen molar-refractivity contribution in [1.82, 2.24) is 9.13 Å². The molecular weight excluding hydrogens is 600 g/mol. The highest BCUT2D eigenvalue weighted by Crippen LogP contribution is 2.42. The van der Waals surface area contributed by atoms with Crippen LogP contribution in [0.2, 0.25) is 36.3 Å². The lowest BCUT2D eigenvalue weighted by molar-refractivity contribution is -0.0417. The molecule has 0 bridgehead atoms. The van der Waals surface area contributed by atoms with E-state index in [0.717, 1.165) is 0 Å². The van der Waals surface area contributed by atoms with Gasteiger partial charge in [-0.25, -0.2) is 9.59 Å². The predicted molar refractivity (Wildman–Crippen MR) is 163 cm³/mol. The van der Waals surface area contributed by atoms with Gasteiger partial charge in [-0.1, -0.05) is 57.5 Å². The second-order valence-electron chi connectivity index (χ2n) is 14.5.